The summed E-state index contributed by atoms with van der Waals surface area (Å²) in [4.78, 5) is 18.9. The topological polar surface area (TPSA) is 98.8 Å². The summed E-state index contributed by atoms with van der Waals surface area (Å²) in [5.74, 6) is -0.561. The average Bonchev–Trinajstić information content (AvgIpc) is 3.20. The number of amides is 1. The molecule has 4 aromatic rings. The number of primary amides is 1. The standard InChI is InChI=1S/C19H16FN5O2/c1-25-16(17(27-2)15(24-25)10-6-4-3-5-7-10)19-22-13-8-11(18(21)26)12(20)9-14(13)23-19/h3-9H,1-2H3,(H2,21,26)(H,22,23). The van der Waals surface area contributed by atoms with E-state index in [9.17, 15) is 9.18 Å². The van der Waals surface area contributed by atoms with Crippen LogP contribution in [0.3, 0.4) is 0 Å². The van der Waals surface area contributed by atoms with Gasteiger partial charge in [-0.3, -0.25) is 9.48 Å². The van der Waals surface area contributed by atoms with Crippen molar-refractivity contribution < 1.29 is 13.9 Å². The van der Waals surface area contributed by atoms with Crippen LogP contribution in [0.25, 0.3) is 33.8 Å². The lowest BCUT2D eigenvalue weighted by atomic mass is 10.1. The first-order chi connectivity index (χ1) is 13.0. The van der Waals surface area contributed by atoms with Gasteiger partial charge < -0.3 is 15.5 Å². The molecule has 0 saturated carbocycles. The summed E-state index contributed by atoms with van der Waals surface area (Å²) < 4.78 is 21.3. The van der Waals surface area contributed by atoms with Crippen molar-refractivity contribution in [2.24, 2.45) is 12.8 Å². The SMILES string of the molecule is COc1c(-c2ccccc2)nn(C)c1-c1nc2cc(C(N)=O)c(F)cc2[nH]1. The van der Waals surface area contributed by atoms with Crippen LogP contribution in [0, 0.1) is 5.82 Å². The van der Waals surface area contributed by atoms with Crippen molar-refractivity contribution in [2.45, 2.75) is 0 Å². The molecule has 0 atom stereocenters. The third-order valence-corrected chi connectivity index (χ3v) is 4.32. The van der Waals surface area contributed by atoms with Gasteiger partial charge in [-0.05, 0) is 6.07 Å². The molecule has 8 heteroatoms. The van der Waals surface area contributed by atoms with Crippen molar-refractivity contribution in [3.8, 4) is 28.5 Å². The fourth-order valence-electron chi connectivity index (χ4n) is 3.07. The number of methoxy groups -OCH3 is 1. The molecule has 7 nitrogen and oxygen atoms in total. The van der Waals surface area contributed by atoms with Gasteiger partial charge in [0.15, 0.2) is 11.6 Å². The van der Waals surface area contributed by atoms with Gasteiger partial charge in [0.25, 0.3) is 5.91 Å². The first-order valence-electron chi connectivity index (χ1n) is 8.15. The van der Waals surface area contributed by atoms with Gasteiger partial charge >= 0.3 is 0 Å². The second-order valence-corrected chi connectivity index (χ2v) is 6.02. The average molecular weight is 365 g/mol. The van der Waals surface area contributed by atoms with Crippen molar-refractivity contribution in [3.63, 3.8) is 0 Å². The normalized spacial score (nSPS) is 11.1. The molecule has 0 aliphatic rings. The van der Waals surface area contributed by atoms with E-state index >= 15 is 0 Å². The Bertz CT molecular complexity index is 1160. The summed E-state index contributed by atoms with van der Waals surface area (Å²) in [6, 6.07) is 12.1. The Kier molecular flexibility index (Phi) is 3.88. The Labute approximate surface area is 153 Å². The van der Waals surface area contributed by atoms with E-state index in [0.29, 0.717) is 34.0 Å². The number of rotatable bonds is 4. The van der Waals surface area contributed by atoms with Crippen molar-refractivity contribution in [1.82, 2.24) is 19.7 Å². The molecule has 1 amide bonds. The predicted octanol–water partition coefficient (Wildman–Crippen LogP) is 2.88. The second kappa shape index (κ2) is 6.24. The van der Waals surface area contributed by atoms with Gasteiger partial charge in [-0.1, -0.05) is 30.3 Å². The van der Waals surface area contributed by atoms with Crippen LogP contribution in [0.15, 0.2) is 42.5 Å². The summed E-state index contributed by atoms with van der Waals surface area (Å²) in [6.07, 6.45) is 0. The predicted molar refractivity (Wildman–Crippen MR) is 98.8 cm³/mol. The van der Waals surface area contributed by atoms with Crippen LogP contribution in [0.2, 0.25) is 0 Å². The highest BCUT2D eigenvalue weighted by Crippen LogP contribution is 2.37. The van der Waals surface area contributed by atoms with Gasteiger partial charge in [0.05, 0.1) is 23.7 Å². The third-order valence-electron chi connectivity index (χ3n) is 4.32. The number of carbonyl (C=O) groups is 1. The highest BCUT2D eigenvalue weighted by Gasteiger charge is 2.23. The number of aryl methyl sites for hydroxylation is 1. The first kappa shape index (κ1) is 16.8. The molecule has 0 aliphatic heterocycles. The van der Waals surface area contributed by atoms with E-state index in [0.717, 1.165) is 5.56 Å². The molecule has 2 aromatic carbocycles. The Morgan fingerprint density at radius 3 is 2.67 bits per heavy atom. The van der Waals surface area contributed by atoms with Gasteiger partial charge in [0, 0.05) is 18.7 Å². The second-order valence-electron chi connectivity index (χ2n) is 6.02. The zero-order valence-corrected chi connectivity index (χ0v) is 14.7. The molecule has 0 saturated heterocycles. The Hall–Kier alpha value is -3.68. The van der Waals surface area contributed by atoms with Crippen LogP contribution in [-0.4, -0.2) is 32.8 Å². The van der Waals surface area contributed by atoms with Crippen LogP contribution >= 0.6 is 0 Å². The minimum atomic E-state index is -0.844. The van der Waals surface area contributed by atoms with Crippen molar-refractivity contribution in [1.29, 1.82) is 0 Å². The van der Waals surface area contributed by atoms with Crippen molar-refractivity contribution in [3.05, 3.63) is 53.8 Å². The summed E-state index contributed by atoms with van der Waals surface area (Å²) in [7, 11) is 3.33. The Morgan fingerprint density at radius 1 is 1.26 bits per heavy atom. The molecule has 0 radical (unpaired) electrons. The maximum atomic E-state index is 14.0. The number of fused-ring (bicyclic) bond motifs is 1. The molecule has 0 unspecified atom stereocenters. The number of aromatic amines is 1. The molecule has 2 aromatic heterocycles. The number of hydrogen-bond acceptors (Lipinski definition) is 4. The third kappa shape index (κ3) is 2.71. The van der Waals surface area contributed by atoms with E-state index in [4.69, 9.17) is 10.5 Å². The highest BCUT2D eigenvalue weighted by atomic mass is 19.1. The van der Waals surface area contributed by atoms with Crippen LogP contribution in [0.1, 0.15) is 10.4 Å². The number of benzene rings is 2. The molecule has 0 fully saturated rings. The zero-order chi connectivity index (χ0) is 19.1. The highest BCUT2D eigenvalue weighted by molar-refractivity contribution is 5.97. The smallest absolute Gasteiger partial charge is 0.251 e. The van der Waals surface area contributed by atoms with Crippen LogP contribution in [0.5, 0.6) is 5.75 Å². The number of nitrogens with zero attached hydrogens (tertiary/aromatic N) is 3. The summed E-state index contributed by atoms with van der Waals surface area (Å²) in [6.45, 7) is 0. The van der Waals surface area contributed by atoms with Crippen molar-refractivity contribution >= 4 is 16.9 Å². The number of nitrogens with one attached hydrogen (secondary N) is 1. The zero-order valence-electron chi connectivity index (χ0n) is 14.7. The lowest BCUT2D eigenvalue weighted by Crippen LogP contribution is -2.12. The lowest BCUT2D eigenvalue weighted by molar-refractivity contribution is 0.0996. The lowest BCUT2D eigenvalue weighted by Gasteiger charge is -2.03. The van der Waals surface area contributed by atoms with Gasteiger partial charge in [-0.15, -0.1) is 0 Å². The quantitative estimate of drug-likeness (QED) is 0.581. The molecule has 136 valence electrons. The van der Waals surface area contributed by atoms with E-state index in [1.807, 2.05) is 30.3 Å². The number of hydrogen-bond donors (Lipinski definition) is 2. The number of aromatic nitrogens is 4. The number of nitrogens with two attached hydrogens (primary N) is 1. The van der Waals surface area contributed by atoms with E-state index in [2.05, 4.69) is 15.1 Å². The molecule has 0 spiro atoms. The first-order valence-corrected chi connectivity index (χ1v) is 8.15. The molecule has 0 bridgehead atoms. The van der Waals surface area contributed by atoms with E-state index in [1.54, 1.807) is 18.8 Å². The van der Waals surface area contributed by atoms with E-state index in [1.165, 1.54) is 12.1 Å². The molecular weight excluding hydrogens is 349 g/mol. The summed E-state index contributed by atoms with van der Waals surface area (Å²) in [5, 5.41) is 4.55. The largest absolute Gasteiger partial charge is 0.492 e. The monoisotopic (exact) mass is 365 g/mol. The van der Waals surface area contributed by atoms with Crippen LogP contribution in [0.4, 0.5) is 4.39 Å². The van der Waals surface area contributed by atoms with Gasteiger partial charge in [-0.2, -0.15) is 5.10 Å². The summed E-state index contributed by atoms with van der Waals surface area (Å²) in [5.41, 5.74) is 8.04. The minimum Gasteiger partial charge on any atom is -0.492 e. The maximum Gasteiger partial charge on any atom is 0.251 e. The number of imidazole rings is 1. The number of halogens is 1. The van der Waals surface area contributed by atoms with Crippen molar-refractivity contribution in [2.75, 3.05) is 7.11 Å². The van der Waals surface area contributed by atoms with Gasteiger partial charge in [0.2, 0.25) is 0 Å². The number of carbonyl (C=O) groups excluding carboxylic acids is 1. The Balaban J connectivity index is 1.91. The molecule has 2 heterocycles. The van der Waals surface area contributed by atoms with Gasteiger partial charge in [0.1, 0.15) is 17.2 Å². The fraction of sp³-hybridized carbons (Fsp3) is 0.105. The molecular formula is C19H16FN5O2. The molecule has 4 rings (SSSR count). The summed E-state index contributed by atoms with van der Waals surface area (Å²) >= 11 is 0. The molecule has 27 heavy (non-hydrogen) atoms. The van der Waals surface area contributed by atoms with Crippen LogP contribution in [-0.2, 0) is 7.05 Å². The number of H-pyrrole nitrogens is 1. The van der Waals surface area contributed by atoms with E-state index < -0.39 is 11.7 Å². The fourth-order valence-corrected chi connectivity index (χ4v) is 3.07. The molecule has 3 N–H and O–H groups in total. The minimum absolute atomic E-state index is 0.206. The van der Waals surface area contributed by atoms with Crippen LogP contribution < -0.4 is 10.5 Å². The number of ether oxygens (including phenoxy) is 1. The maximum absolute atomic E-state index is 14.0. The van der Waals surface area contributed by atoms with Gasteiger partial charge in [-0.25, -0.2) is 9.37 Å². The van der Waals surface area contributed by atoms with E-state index in [-0.39, 0.29) is 5.56 Å². The Morgan fingerprint density at radius 2 is 2.00 bits per heavy atom. The molecule has 0 aliphatic carbocycles.